The van der Waals surface area contributed by atoms with Crippen molar-refractivity contribution >= 4 is 0 Å². The summed E-state index contributed by atoms with van der Waals surface area (Å²) in [5.41, 5.74) is 1.37. The highest BCUT2D eigenvalue weighted by Gasteiger charge is 2.47. The number of rotatable bonds is 1. The summed E-state index contributed by atoms with van der Waals surface area (Å²) in [5.74, 6) is 1.34. The molecule has 0 N–H and O–H groups in total. The maximum atomic E-state index is 6.27. The van der Waals surface area contributed by atoms with E-state index in [1.807, 2.05) is 6.08 Å². The maximum Gasteiger partial charge on any atom is 0.0844 e. The average Bonchev–Trinajstić information content (AvgIpc) is 2.15. The van der Waals surface area contributed by atoms with Crippen LogP contribution in [0.2, 0.25) is 0 Å². The molecule has 0 saturated carbocycles. The molecule has 0 aromatic rings. The van der Waals surface area contributed by atoms with Crippen LogP contribution < -0.4 is 0 Å². The van der Waals surface area contributed by atoms with E-state index in [2.05, 4.69) is 40.3 Å². The molecule has 1 unspecified atom stereocenters. The minimum atomic E-state index is -0.154. The van der Waals surface area contributed by atoms with Gasteiger partial charge in [0.25, 0.3) is 0 Å². The molecule has 0 spiro atoms. The molecule has 1 aliphatic heterocycles. The second-order valence-corrected chi connectivity index (χ2v) is 6.25. The highest BCUT2D eigenvalue weighted by molar-refractivity contribution is 5.15. The van der Waals surface area contributed by atoms with Gasteiger partial charge in [0.1, 0.15) is 0 Å². The zero-order chi connectivity index (χ0) is 12.0. The Morgan fingerprint density at radius 1 is 1.44 bits per heavy atom. The van der Waals surface area contributed by atoms with Crippen LogP contribution in [0.15, 0.2) is 24.3 Å². The molecule has 0 radical (unpaired) electrons. The second kappa shape index (κ2) is 3.73. The van der Waals surface area contributed by atoms with Gasteiger partial charge < -0.3 is 4.74 Å². The highest BCUT2D eigenvalue weighted by atomic mass is 16.5. The Balaban J connectivity index is 2.31. The molecule has 0 aromatic heterocycles. The van der Waals surface area contributed by atoms with Crippen LogP contribution in [0, 0.1) is 11.8 Å². The molecular formula is C15H24O. The van der Waals surface area contributed by atoms with Crippen LogP contribution >= 0.6 is 0 Å². The minimum absolute atomic E-state index is 0.0247. The number of hydrogen-bond acceptors (Lipinski definition) is 1. The zero-order valence-corrected chi connectivity index (χ0v) is 11.0. The Bertz CT molecular complexity index is 326. The normalized spacial score (nSPS) is 42.1. The van der Waals surface area contributed by atoms with Crippen molar-refractivity contribution in [2.45, 2.75) is 58.2 Å². The van der Waals surface area contributed by atoms with E-state index in [1.165, 1.54) is 12.8 Å². The summed E-state index contributed by atoms with van der Waals surface area (Å²) in [6, 6.07) is 0. The predicted molar refractivity (Wildman–Crippen MR) is 68.4 cm³/mol. The fourth-order valence-corrected chi connectivity index (χ4v) is 3.54. The first-order valence-electron chi connectivity index (χ1n) is 6.37. The number of allylic oxidation sites excluding steroid dienone is 2. The third-order valence-corrected chi connectivity index (χ3v) is 4.33. The Kier molecular flexibility index (Phi) is 2.78. The third kappa shape index (κ3) is 1.98. The Morgan fingerprint density at radius 3 is 2.75 bits per heavy atom. The largest absolute Gasteiger partial charge is 0.365 e. The van der Waals surface area contributed by atoms with Crippen molar-refractivity contribution in [3.05, 3.63) is 24.3 Å². The molecule has 1 aliphatic carbocycles. The fraction of sp³-hybridized carbons (Fsp3) is 0.733. The van der Waals surface area contributed by atoms with Crippen LogP contribution in [0.5, 0.6) is 0 Å². The van der Waals surface area contributed by atoms with Crippen LogP contribution in [0.25, 0.3) is 0 Å². The number of fused-ring (bicyclic) bond motifs is 1. The lowest BCUT2D eigenvalue weighted by molar-refractivity contribution is -0.188. The Labute approximate surface area is 99.6 Å². The molecule has 1 saturated heterocycles. The molecule has 2 aliphatic rings. The summed E-state index contributed by atoms with van der Waals surface area (Å²) in [4.78, 5) is 0. The first-order chi connectivity index (χ1) is 7.36. The van der Waals surface area contributed by atoms with E-state index in [0.29, 0.717) is 11.8 Å². The summed E-state index contributed by atoms with van der Waals surface area (Å²) >= 11 is 0. The van der Waals surface area contributed by atoms with Crippen LogP contribution in [-0.4, -0.2) is 11.2 Å². The van der Waals surface area contributed by atoms with Crippen molar-refractivity contribution in [1.29, 1.82) is 0 Å². The lowest BCUT2D eigenvalue weighted by atomic mass is 9.66. The van der Waals surface area contributed by atoms with Gasteiger partial charge in [-0.25, -0.2) is 0 Å². The lowest BCUT2D eigenvalue weighted by Gasteiger charge is -2.52. The average molecular weight is 220 g/mol. The first-order valence-corrected chi connectivity index (χ1v) is 6.37. The van der Waals surface area contributed by atoms with Gasteiger partial charge in [-0.05, 0) is 58.8 Å². The number of hydrogen-bond donors (Lipinski definition) is 0. The summed E-state index contributed by atoms with van der Waals surface area (Å²) < 4.78 is 6.27. The van der Waals surface area contributed by atoms with Gasteiger partial charge in [0.15, 0.2) is 0 Å². The van der Waals surface area contributed by atoms with Crippen LogP contribution in [0.3, 0.4) is 0 Å². The monoisotopic (exact) mass is 220 g/mol. The van der Waals surface area contributed by atoms with E-state index in [-0.39, 0.29) is 11.2 Å². The molecule has 1 fully saturated rings. The molecule has 1 heterocycles. The van der Waals surface area contributed by atoms with Crippen molar-refractivity contribution in [2.75, 3.05) is 0 Å². The van der Waals surface area contributed by atoms with Crippen molar-refractivity contribution < 1.29 is 4.74 Å². The minimum Gasteiger partial charge on any atom is -0.365 e. The quantitative estimate of drug-likeness (QED) is 0.604. The molecule has 16 heavy (non-hydrogen) atoms. The number of ether oxygens (including phenoxy) is 1. The van der Waals surface area contributed by atoms with Crippen molar-refractivity contribution in [3.63, 3.8) is 0 Å². The van der Waals surface area contributed by atoms with E-state index >= 15 is 0 Å². The van der Waals surface area contributed by atoms with Crippen LogP contribution in [0.4, 0.5) is 0 Å². The second-order valence-electron chi connectivity index (χ2n) is 6.25. The Morgan fingerprint density at radius 2 is 2.12 bits per heavy atom. The zero-order valence-electron chi connectivity index (χ0n) is 11.0. The van der Waals surface area contributed by atoms with Gasteiger partial charge in [-0.15, -0.1) is 6.58 Å². The van der Waals surface area contributed by atoms with Crippen LogP contribution in [0.1, 0.15) is 47.0 Å². The van der Waals surface area contributed by atoms with Crippen molar-refractivity contribution in [1.82, 2.24) is 0 Å². The maximum absolute atomic E-state index is 6.27. The van der Waals surface area contributed by atoms with Gasteiger partial charge in [-0.2, -0.15) is 0 Å². The van der Waals surface area contributed by atoms with E-state index in [4.69, 9.17) is 4.74 Å². The molecule has 1 nitrogen and oxygen atoms in total. The lowest BCUT2D eigenvalue weighted by Crippen LogP contribution is -2.52. The van der Waals surface area contributed by atoms with E-state index in [0.717, 1.165) is 6.42 Å². The molecule has 0 bridgehead atoms. The summed E-state index contributed by atoms with van der Waals surface area (Å²) in [5, 5.41) is 0. The van der Waals surface area contributed by atoms with Crippen LogP contribution in [-0.2, 0) is 4.74 Å². The van der Waals surface area contributed by atoms with Gasteiger partial charge in [0.05, 0.1) is 11.2 Å². The predicted octanol–water partition coefficient (Wildman–Crippen LogP) is 4.10. The van der Waals surface area contributed by atoms with Gasteiger partial charge in [0.2, 0.25) is 0 Å². The van der Waals surface area contributed by atoms with Crippen molar-refractivity contribution in [3.8, 4) is 0 Å². The topological polar surface area (TPSA) is 9.23 Å². The first kappa shape index (κ1) is 11.9. The van der Waals surface area contributed by atoms with E-state index in [9.17, 15) is 0 Å². The molecule has 90 valence electrons. The van der Waals surface area contributed by atoms with Gasteiger partial charge in [-0.3, -0.25) is 0 Å². The molecule has 2 rings (SSSR count). The van der Waals surface area contributed by atoms with Crippen molar-refractivity contribution in [2.24, 2.45) is 11.8 Å². The Hall–Kier alpha value is -0.560. The summed E-state index contributed by atoms with van der Waals surface area (Å²) in [7, 11) is 0. The smallest absolute Gasteiger partial charge is 0.0844 e. The molecule has 0 aromatic carbocycles. The van der Waals surface area contributed by atoms with E-state index in [1.54, 1.807) is 5.57 Å². The summed E-state index contributed by atoms with van der Waals surface area (Å²) in [6.45, 7) is 12.8. The van der Waals surface area contributed by atoms with Gasteiger partial charge in [-0.1, -0.05) is 17.7 Å². The molecular weight excluding hydrogens is 196 g/mol. The fourth-order valence-electron chi connectivity index (χ4n) is 3.54. The molecule has 0 amide bonds. The van der Waals surface area contributed by atoms with Gasteiger partial charge in [0, 0.05) is 0 Å². The third-order valence-electron chi connectivity index (χ3n) is 4.33. The highest BCUT2D eigenvalue weighted by Crippen LogP contribution is 2.48. The molecule has 3 atom stereocenters. The summed E-state index contributed by atoms with van der Waals surface area (Å²) in [6.07, 6.45) is 8.04. The van der Waals surface area contributed by atoms with E-state index < -0.39 is 0 Å². The standard InChI is InChI=1S/C15H24O/c1-6-15(5)10-12-9-11(2)7-8-13(12)14(3,4)16-15/h6,9,12-13H,1,7-8,10H2,2-5H3/t12-,13+,15?/m1/s1. The molecule has 1 heteroatoms. The van der Waals surface area contributed by atoms with Gasteiger partial charge >= 0.3 is 0 Å². The SMILES string of the molecule is C=CC1(C)C[C@H]2C=C(C)CC[C@@H]2C(C)(C)O1.